The average Bonchev–Trinajstić information content (AvgIpc) is 2.84. The highest BCUT2D eigenvalue weighted by Crippen LogP contribution is 2.49. The van der Waals surface area contributed by atoms with Crippen molar-refractivity contribution in [2.24, 2.45) is 0 Å². The summed E-state index contributed by atoms with van der Waals surface area (Å²) in [5, 5.41) is 0. The number of ether oxygens (including phenoxy) is 1. The number of benzene rings is 2. The summed E-state index contributed by atoms with van der Waals surface area (Å²) >= 11 is 0. The predicted molar refractivity (Wildman–Crippen MR) is 79.7 cm³/mol. The maximum Gasteiger partial charge on any atom is 0.332 e. The minimum absolute atomic E-state index is 0.0456. The molecule has 0 aliphatic carbocycles. The number of para-hydroxylation sites is 2. The molecule has 1 aliphatic rings. The molecule has 118 valence electrons. The van der Waals surface area contributed by atoms with E-state index in [1.807, 2.05) is 0 Å². The number of carbonyl (C=O) groups excluding carboxylic acids is 2. The molecule has 2 aromatic rings. The van der Waals surface area contributed by atoms with Crippen LogP contribution in [0.2, 0.25) is 0 Å². The second-order valence-corrected chi connectivity index (χ2v) is 5.09. The van der Waals surface area contributed by atoms with Crippen LogP contribution in [0.25, 0.3) is 0 Å². The molecule has 0 spiro atoms. The normalized spacial score (nSPS) is 19.8. The summed E-state index contributed by atoms with van der Waals surface area (Å²) in [5.41, 5.74) is -2.01. The number of hydrogen-bond acceptors (Lipinski definition) is 3. The number of amides is 1. The van der Waals surface area contributed by atoms with E-state index >= 15 is 0 Å². The van der Waals surface area contributed by atoms with Gasteiger partial charge in [0.15, 0.2) is 0 Å². The molecule has 1 atom stereocenters. The molecule has 6 heteroatoms. The van der Waals surface area contributed by atoms with E-state index in [2.05, 4.69) is 4.74 Å². The number of rotatable bonds is 3. The molecule has 0 fully saturated rings. The number of alkyl halides is 2. The molecule has 3 rings (SSSR count). The smallest absolute Gasteiger partial charge is 0.332 e. The van der Waals surface area contributed by atoms with E-state index < -0.39 is 23.7 Å². The van der Waals surface area contributed by atoms with Gasteiger partial charge in [-0.15, -0.1) is 0 Å². The highest BCUT2D eigenvalue weighted by molar-refractivity contribution is 6.23. The van der Waals surface area contributed by atoms with Gasteiger partial charge in [0.05, 0.1) is 12.8 Å². The molecule has 0 N–H and O–H groups in total. The molecular formula is C17H13F2NO3. The van der Waals surface area contributed by atoms with E-state index in [9.17, 15) is 18.4 Å². The summed E-state index contributed by atoms with van der Waals surface area (Å²) in [5.74, 6) is -2.27. The first kappa shape index (κ1) is 15.1. The third kappa shape index (κ3) is 1.94. The Balaban J connectivity index is 2.29. The summed E-state index contributed by atoms with van der Waals surface area (Å²) < 4.78 is 32.3. The quantitative estimate of drug-likeness (QED) is 0.646. The Kier molecular flexibility index (Phi) is 3.60. The van der Waals surface area contributed by atoms with E-state index in [4.69, 9.17) is 0 Å². The third-order valence-electron chi connectivity index (χ3n) is 3.96. The van der Waals surface area contributed by atoms with E-state index in [0.29, 0.717) is 5.69 Å². The van der Waals surface area contributed by atoms with Crippen molar-refractivity contribution in [2.75, 3.05) is 12.0 Å². The number of anilines is 2. The van der Waals surface area contributed by atoms with Gasteiger partial charge in [0.1, 0.15) is 0 Å². The zero-order valence-electron chi connectivity index (χ0n) is 12.2. The van der Waals surface area contributed by atoms with Gasteiger partial charge in [0.2, 0.25) is 5.41 Å². The van der Waals surface area contributed by atoms with Crippen LogP contribution in [0.1, 0.15) is 5.56 Å². The molecule has 1 aliphatic heterocycles. The van der Waals surface area contributed by atoms with Crippen molar-refractivity contribution < 1.29 is 23.1 Å². The van der Waals surface area contributed by atoms with Gasteiger partial charge in [-0.05, 0) is 18.2 Å². The van der Waals surface area contributed by atoms with Gasteiger partial charge in [-0.1, -0.05) is 36.4 Å². The van der Waals surface area contributed by atoms with Gasteiger partial charge >= 0.3 is 5.97 Å². The van der Waals surface area contributed by atoms with Crippen LogP contribution in [0.4, 0.5) is 20.2 Å². The van der Waals surface area contributed by atoms with Gasteiger partial charge < -0.3 is 4.74 Å². The largest absolute Gasteiger partial charge is 0.468 e. The molecule has 1 amide bonds. The lowest BCUT2D eigenvalue weighted by Crippen LogP contribution is -2.51. The van der Waals surface area contributed by atoms with Crippen LogP contribution in [-0.4, -0.2) is 25.4 Å². The molecule has 1 heterocycles. The Bertz CT molecular complexity index is 763. The topological polar surface area (TPSA) is 46.6 Å². The number of fused-ring (bicyclic) bond motifs is 1. The first-order valence-corrected chi connectivity index (χ1v) is 6.90. The van der Waals surface area contributed by atoms with Crippen LogP contribution in [0.15, 0.2) is 54.6 Å². The van der Waals surface area contributed by atoms with E-state index in [-0.39, 0.29) is 11.3 Å². The molecule has 23 heavy (non-hydrogen) atoms. The number of halogens is 2. The molecule has 0 saturated carbocycles. The fraction of sp³-hybridized carbons (Fsp3) is 0.176. The molecule has 0 aromatic heterocycles. The van der Waals surface area contributed by atoms with Crippen molar-refractivity contribution in [3.8, 4) is 0 Å². The molecular weight excluding hydrogens is 304 g/mol. The van der Waals surface area contributed by atoms with Gasteiger partial charge in [0, 0.05) is 11.3 Å². The molecule has 0 bridgehead atoms. The third-order valence-corrected chi connectivity index (χ3v) is 3.96. The van der Waals surface area contributed by atoms with E-state index in [1.165, 1.54) is 18.2 Å². The van der Waals surface area contributed by atoms with Crippen molar-refractivity contribution in [1.82, 2.24) is 0 Å². The van der Waals surface area contributed by atoms with Crippen LogP contribution in [0.3, 0.4) is 0 Å². The number of carbonyl (C=O) groups is 2. The lowest BCUT2D eigenvalue weighted by atomic mass is 9.82. The minimum atomic E-state index is -3.22. The summed E-state index contributed by atoms with van der Waals surface area (Å²) in [6, 6.07) is 14.4. The summed E-state index contributed by atoms with van der Waals surface area (Å²) in [7, 11) is 0.994. The Morgan fingerprint density at radius 3 is 2.30 bits per heavy atom. The monoisotopic (exact) mass is 317 g/mol. The lowest BCUT2D eigenvalue weighted by molar-refractivity contribution is -0.158. The number of nitrogens with zero attached hydrogens (tertiary/aromatic N) is 1. The predicted octanol–water partition coefficient (Wildman–Crippen LogP) is 3.04. The zero-order valence-corrected chi connectivity index (χ0v) is 12.2. The number of hydrogen-bond donors (Lipinski definition) is 0. The van der Waals surface area contributed by atoms with Crippen molar-refractivity contribution in [3.63, 3.8) is 0 Å². The number of esters is 1. The fourth-order valence-electron chi connectivity index (χ4n) is 2.89. The van der Waals surface area contributed by atoms with Crippen LogP contribution in [-0.2, 0) is 19.7 Å². The number of methoxy groups -OCH3 is 1. The standard InChI is InChI=1S/C17H13F2NO3/c1-23-16(22)17(14(18)19)12-9-5-6-10-13(12)20(15(17)21)11-7-3-2-4-8-11/h2-10,14H,1H3. The maximum absolute atomic E-state index is 13.9. The maximum atomic E-state index is 13.9. The Hall–Kier alpha value is -2.76. The van der Waals surface area contributed by atoms with E-state index in [0.717, 1.165) is 12.0 Å². The van der Waals surface area contributed by atoms with Crippen molar-refractivity contribution in [1.29, 1.82) is 0 Å². The molecule has 1 unspecified atom stereocenters. The first-order chi connectivity index (χ1) is 11.0. The molecule has 0 radical (unpaired) electrons. The highest BCUT2D eigenvalue weighted by atomic mass is 19.3. The van der Waals surface area contributed by atoms with Crippen LogP contribution < -0.4 is 4.90 Å². The lowest BCUT2D eigenvalue weighted by Gasteiger charge is -2.25. The Morgan fingerprint density at radius 2 is 1.70 bits per heavy atom. The van der Waals surface area contributed by atoms with Crippen molar-refractivity contribution >= 4 is 23.3 Å². The SMILES string of the molecule is COC(=O)C1(C(F)F)C(=O)N(c2ccccc2)c2ccccc21. The Labute approximate surface area is 131 Å². The van der Waals surface area contributed by atoms with Crippen LogP contribution >= 0.6 is 0 Å². The van der Waals surface area contributed by atoms with Gasteiger partial charge in [-0.3, -0.25) is 14.5 Å². The summed E-state index contributed by atoms with van der Waals surface area (Å²) in [6.45, 7) is 0. The molecule has 2 aromatic carbocycles. The zero-order chi connectivity index (χ0) is 16.6. The summed E-state index contributed by atoms with van der Waals surface area (Å²) in [4.78, 5) is 26.2. The van der Waals surface area contributed by atoms with Gasteiger partial charge in [-0.25, -0.2) is 8.78 Å². The van der Waals surface area contributed by atoms with Crippen LogP contribution in [0, 0.1) is 0 Å². The van der Waals surface area contributed by atoms with Gasteiger partial charge in [-0.2, -0.15) is 0 Å². The van der Waals surface area contributed by atoms with Crippen molar-refractivity contribution in [2.45, 2.75) is 11.8 Å². The van der Waals surface area contributed by atoms with E-state index in [1.54, 1.807) is 36.4 Å². The van der Waals surface area contributed by atoms with Crippen molar-refractivity contribution in [3.05, 3.63) is 60.2 Å². The second-order valence-electron chi connectivity index (χ2n) is 5.09. The van der Waals surface area contributed by atoms with Crippen LogP contribution in [0.5, 0.6) is 0 Å². The highest BCUT2D eigenvalue weighted by Gasteiger charge is 2.64. The summed E-state index contributed by atoms with van der Waals surface area (Å²) in [6.07, 6.45) is -3.22. The average molecular weight is 317 g/mol. The fourth-order valence-corrected chi connectivity index (χ4v) is 2.89. The Morgan fingerprint density at radius 1 is 1.09 bits per heavy atom. The van der Waals surface area contributed by atoms with Gasteiger partial charge in [0.25, 0.3) is 12.3 Å². The molecule has 4 nitrogen and oxygen atoms in total. The first-order valence-electron chi connectivity index (χ1n) is 6.90. The molecule has 0 saturated heterocycles. The minimum Gasteiger partial charge on any atom is -0.468 e. The second kappa shape index (κ2) is 5.46.